The molecule has 0 saturated heterocycles. The third-order valence-electron chi connectivity index (χ3n) is 4.78. The molecule has 0 bridgehead atoms. The van der Waals surface area contributed by atoms with Crippen LogP contribution in [-0.2, 0) is 22.6 Å². The van der Waals surface area contributed by atoms with E-state index >= 15 is 0 Å². The number of aromatic nitrogens is 2. The SMILES string of the molecule is CC.COC(=O)c1ncc(Cn2ccc3cc(C)ccc32)c2c1OC(C)(C)OC2. The zero-order chi connectivity index (χ0) is 21.2. The lowest BCUT2D eigenvalue weighted by Gasteiger charge is -2.34. The van der Waals surface area contributed by atoms with Crippen LogP contribution in [0.2, 0.25) is 0 Å². The van der Waals surface area contributed by atoms with Gasteiger partial charge in [0.05, 0.1) is 13.7 Å². The molecule has 0 unspecified atom stereocenters. The van der Waals surface area contributed by atoms with E-state index in [1.165, 1.54) is 18.1 Å². The highest BCUT2D eigenvalue weighted by molar-refractivity contribution is 5.91. The number of nitrogens with zero attached hydrogens (tertiary/aromatic N) is 2. The van der Waals surface area contributed by atoms with E-state index in [2.05, 4.69) is 46.9 Å². The molecule has 0 saturated carbocycles. The number of rotatable bonds is 3. The summed E-state index contributed by atoms with van der Waals surface area (Å²) >= 11 is 0. The number of carbonyl (C=O) groups is 1. The van der Waals surface area contributed by atoms with Crippen molar-refractivity contribution in [2.75, 3.05) is 7.11 Å². The van der Waals surface area contributed by atoms with Gasteiger partial charge in [-0.15, -0.1) is 0 Å². The molecule has 0 aliphatic carbocycles. The third-order valence-corrected chi connectivity index (χ3v) is 4.78. The molecule has 6 nitrogen and oxygen atoms in total. The number of aryl methyl sites for hydroxylation is 1. The number of esters is 1. The van der Waals surface area contributed by atoms with Crippen molar-refractivity contribution in [3.8, 4) is 5.75 Å². The Morgan fingerprint density at radius 1 is 1.28 bits per heavy atom. The minimum atomic E-state index is -0.826. The fourth-order valence-corrected chi connectivity index (χ4v) is 3.38. The molecule has 154 valence electrons. The summed E-state index contributed by atoms with van der Waals surface area (Å²) in [5.41, 5.74) is 4.33. The van der Waals surface area contributed by atoms with Gasteiger partial charge >= 0.3 is 5.97 Å². The molecule has 0 fully saturated rings. The number of carbonyl (C=O) groups excluding carboxylic acids is 1. The summed E-state index contributed by atoms with van der Waals surface area (Å²) in [6.07, 6.45) is 3.76. The van der Waals surface area contributed by atoms with Gasteiger partial charge < -0.3 is 18.8 Å². The quantitative estimate of drug-likeness (QED) is 0.592. The van der Waals surface area contributed by atoms with Crippen molar-refractivity contribution in [1.82, 2.24) is 9.55 Å². The number of fused-ring (bicyclic) bond motifs is 2. The Bertz CT molecular complexity index is 1040. The first-order valence-corrected chi connectivity index (χ1v) is 9.85. The zero-order valence-corrected chi connectivity index (χ0v) is 17.9. The van der Waals surface area contributed by atoms with Crippen LogP contribution in [-0.4, -0.2) is 28.4 Å². The summed E-state index contributed by atoms with van der Waals surface area (Å²) in [5.74, 6) is -0.895. The van der Waals surface area contributed by atoms with Crippen LogP contribution in [0.3, 0.4) is 0 Å². The van der Waals surface area contributed by atoms with Crippen LogP contribution in [0.15, 0.2) is 36.7 Å². The van der Waals surface area contributed by atoms with Crippen LogP contribution in [0.25, 0.3) is 10.9 Å². The largest absolute Gasteiger partial charge is 0.464 e. The van der Waals surface area contributed by atoms with E-state index < -0.39 is 11.8 Å². The molecule has 1 aliphatic rings. The van der Waals surface area contributed by atoms with Gasteiger partial charge in [-0.25, -0.2) is 9.78 Å². The number of pyridine rings is 1. The van der Waals surface area contributed by atoms with Crippen LogP contribution >= 0.6 is 0 Å². The molecule has 1 aromatic carbocycles. The summed E-state index contributed by atoms with van der Waals surface area (Å²) in [4.78, 5) is 16.5. The Morgan fingerprint density at radius 2 is 2.03 bits per heavy atom. The second-order valence-corrected chi connectivity index (χ2v) is 7.23. The summed E-state index contributed by atoms with van der Waals surface area (Å²) < 4.78 is 18.8. The van der Waals surface area contributed by atoms with Crippen molar-refractivity contribution in [3.05, 3.63) is 59.0 Å². The van der Waals surface area contributed by atoms with E-state index in [9.17, 15) is 4.79 Å². The maximum atomic E-state index is 12.1. The van der Waals surface area contributed by atoms with Crippen LogP contribution < -0.4 is 4.74 Å². The summed E-state index contributed by atoms with van der Waals surface area (Å²) in [6.45, 7) is 10.7. The second kappa shape index (κ2) is 8.25. The molecular formula is C23H28N2O4. The van der Waals surface area contributed by atoms with E-state index in [4.69, 9.17) is 14.2 Å². The number of hydrogen-bond acceptors (Lipinski definition) is 5. The smallest absolute Gasteiger partial charge is 0.360 e. The molecule has 0 radical (unpaired) electrons. The highest BCUT2D eigenvalue weighted by Crippen LogP contribution is 2.36. The average Bonchev–Trinajstić information content (AvgIpc) is 3.10. The van der Waals surface area contributed by atoms with Crippen molar-refractivity contribution in [1.29, 1.82) is 0 Å². The molecule has 6 heteroatoms. The van der Waals surface area contributed by atoms with Crippen LogP contribution in [0.4, 0.5) is 0 Å². The van der Waals surface area contributed by atoms with Crippen molar-refractivity contribution in [2.45, 2.75) is 53.6 Å². The first-order valence-electron chi connectivity index (χ1n) is 9.85. The van der Waals surface area contributed by atoms with Gasteiger partial charge in [0.15, 0.2) is 11.4 Å². The summed E-state index contributed by atoms with van der Waals surface area (Å²) in [6, 6.07) is 8.47. The lowest BCUT2D eigenvalue weighted by molar-refractivity contribution is -0.180. The Hall–Kier alpha value is -2.86. The Morgan fingerprint density at radius 3 is 2.76 bits per heavy atom. The molecule has 2 aromatic heterocycles. The molecular weight excluding hydrogens is 368 g/mol. The molecule has 3 heterocycles. The molecule has 0 amide bonds. The number of hydrogen-bond donors (Lipinski definition) is 0. The second-order valence-electron chi connectivity index (χ2n) is 7.23. The van der Waals surface area contributed by atoms with Gasteiger partial charge in [0.2, 0.25) is 5.79 Å². The Kier molecular flexibility index (Phi) is 5.94. The minimum Gasteiger partial charge on any atom is -0.464 e. The highest BCUT2D eigenvalue weighted by atomic mass is 16.7. The molecule has 1 aliphatic heterocycles. The third kappa shape index (κ3) is 4.12. The number of benzene rings is 1. The first kappa shape index (κ1) is 20.9. The maximum absolute atomic E-state index is 12.1. The summed E-state index contributed by atoms with van der Waals surface area (Å²) in [7, 11) is 1.34. The molecule has 0 N–H and O–H groups in total. The highest BCUT2D eigenvalue weighted by Gasteiger charge is 2.33. The molecule has 3 aromatic rings. The van der Waals surface area contributed by atoms with E-state index in [0.29, 0.717) is 18.9 Å². The molecule has 29 heavy (non-hydrogen) atoms. The normalized spacial score (nSPS) is 14.4. The number of methoxy groups -OCH3 is 1. The first-order chi connectivity index (χ1) is 13.9. The summed E-state index contributed by atoms with van der Waals surface area (Å²) in [5, 5.41) is 1.19. The van der Waals surface area contributed by atoms with Gasteiger partial charge in [-0.3, -0.25) is 0 Å². The fraction of sp³-hybridized carbons (Fsp3) is 0.391. The van der Waals surface area contributed by atoms with E-state index in [1.807, 2.05) is 27.7 Å². The van der Waals surface area contributed by atoms with Gasteiger partial charge in [0, 0.05) is 43.9 Å². The lowest BCUT2D eigenvalue weighted by atomic mass is 10.1. The molecule has 0 atom stereocenters. The Balaban J connectivity index is 0.00000117. The van der Waals surface area contributed by atoms with Crippen molar-refractivity contribution in [3.63, 3.8) is 0 Å². The monoisotopic (exact) mass is 396 g/mol. The van der Waals surface area contributed by atoms with Crippen molar-refractivity contribution in [2.24, 2.45) is 0 Å². The predicted molar refractivity (Wildman–Crippen MR) is 112 cm³/mol. The topological polar surface area (TPSA) is 62.6 Å². The van der Waals surface area contributed by atoms with Gasteiger partial charge in [0.25, 0.3) is 0 Å². The predicted octanol–water partition coefficient (Wildman–Crippen LogP) is 4.85. The molecule has 0 spiro atoms. The standard InChI is InChI=1S/C21H22N2O4.C2H6/c1-13-5-6-17-14(9-13)7-8-23(17)11-15-10-22-18(20(24)25-4)19-16(15)12-26-21(2,3)27-19;1-2/h5-10H,11-12H2,1-4H3;1-2H3. The minimum absolute atomic E-state index is 0.181. The van der Waals surface area contributed by atoms with Crippen molar-refractivity contribution >= 4 is 16.9 Å². The van der Waals surface area contributed by atoms with Crippen molar-refractivity contribution < 1.29 is 19.0 Å². The lowest BCUT2D eigenvalue weighted by Crippen LogP contribution is -2.37. The van der Waals surface area contributed by atoms with E-state index in [1.54, 1.807) is 6.20 Å². The van der Waals surface area contributed by atoms with Gasteiger partial charge in [-0.2, -0.15) is 0 Å². The maximum Gasteiger partial charge on any atom is 0.360 e. The average molecular weight is 396 g/mol. The van der Waals surface area contributed by atoms with Crippen LogP contribution in [0.1, 0.15) is 54.9 Å². The van der Waals surface area contributed by atoms with Gasteiger partial charge in [-0.1, -0.05) is 25.5 Å². The van der Waals surface area contributed by atoms with E-state index in [-0.39, 0.29) is 5.69 Å². The van der Waals surface area contributed by atoms with Crippen LogP contribution in [0, 0.1) is 6.92 Å². The zero-order valence-electron chi connectivity index (χ0n) is 17.9. The molecule has 4 rings (SSSR count). The number of ether oxygens (including phenoxy) is 3. The van der Waals surface area contributed by atoms with E-state index in [0.717, 1.165) is 16.6 Å². The van der Waals surface area contributed by atoms with Gasteiger partial charge in [-0.05, 0) is 36.1 Å². The fourth-order valence-electron chi connectivity index (χ4n) is 3.38. The van der Waals surface area contributed by atoms with Crippen LogP contribution in [0.5, 0.6) is 5.75 Å². The Labute approximate surface area is 171 Å². The van der Waals surface area contributed by atoms with Gasteiger partial charge in [0.1, 0.15) is 0 Å².